The lowest BCUT2D eigenvalue weighted by Crippen LogP contribution is -2.56. The van der Waals surface area contributed by atoms with Gasteiger partial charge in [-0.1, -0.05) is 13.0 Å². The molecule has 276 valence electrons. The van der Waals surface area contributed by atoms with Crippen LogP contribution < -0.4 is 16.0 Å². The summed E-state index contributed by atoms with van der Waals surface area (Å²) in [5.41, 5.74) is 1.05. The molecule has 5 atom stereocenters. The number of likely N-dealkylation sites (N-methyl/N-ethyl adjacent to an activating group) is 1. The maximum atomic E-state index is 15.9. The number of aliphatic hydroxyl groups is 1. The molecule has 3 amide bonds. The molecule has 2 heterocycles. The second-order valence-corrected chi connectivity index (χ2v) is 14.0. The lowest BCUT2D eigenvalue weighted by molar-refractivity contribution is -0.141. The summed E-state index contributed by atoms with van der Waals surface area (Å²) in [5, 5.41) is 24.2. The van der Waals surface area contributed by atoms with Gasteiger partial charge in [-0.2, -0.15) is 5.10 Å². The minimum atomic E-state index is -1.13. The summed E-state index contributed by atoms with van der Waals surface area (Å²) in [7, 11) is 3.53. The molecule has 1 aliphatic heterocycles. The number of piperazine rings is 1. The highest BCUT2D eigenvalue weighted by atomic mass is 19.1. The number of ether oxygens (including phenoxy) is 2. The van der Waals surface area contributed by atoms with Crippen molar-refractivity contribution >= 4 is 23.4 Å². The molecule has 1 aromatic heterocycles. The predicted molar refractivity (Wildman–Crippen MR) is 185 cm³/mol. The molecule has 2 saturated carbocycles. The molecule has 2 aromatic rings. The molecule has 3 fully saturated rings. The molecule has 2 unspecified atom stereocenters. The number of aromatic nitrogens is 2. The van der Waals surface area contributed by atoms with Crippen molar-refractivity contribution in [1.82, 2.24) is 30.2 Å². The van der Waals surface area contributed by atoms with Gasteiger partial charge in [-0.3, -0.25) is 24.4 Å². The molecule has 14 heteroatoms. The molecular formula is C36H54FN7O6. The van der Waals surface area contributed by atoms with Crippen LogP contribution in [0.2, 0.25) is 0 Å². The number of hydrogen-bond acceptors (Lipinski definition) is 9. The summed E-state index contributed by atoms with van der Waals surface area (Å²) < 4.78 is 28.1. The van der Waals surface area contributed by atoms with Crippen LogP contribution in [0.1, 0.15) is 69.9 Å². The number of rotatable bonds is 18. The number of hydrogen-bond donors (Lipinski definition) is 4. The fourth-order valence-corrected chi connectivity index (χ4v) is 6.95. The summed E-state index contributed by atoms with van der Waals surface area (Å²) in [6.07, 6.45) is 3.77. The number of nitrogens with zero attached hydrogens (tertiary/aromatic N) is 4. The molecule has 0 bridgehead atoms. The molecular weight excluding hydrogens is 645 g/mol. The molecule has 2 aliphatic carbocycles. The molecule has 13 nitrogen and oxygen atoms in total. The van der Waals surface area contributed by atoms with Crippen molar-refractivity contribution in [3.63, 3.8) is 0 Å². The Kier molecular flexibility index (Phi) is 13.0. The van der Waals surface area contributed by atoms with Gasteiger partial charge in [0.2, 0.25) is 17.7 Å². The predicted octanol–water partition coefficient (Wildman–Crippen LogP) is 2.48. The van der Waals surface area contributed by atoms with Gasteiger partial charge in [0.05, 0.1) is 30.6 Å². The number of carbonyl (C=O) groups is 3. The van der Waals surface area contributed by atoms with Crippen molar-refractivity contribution < 1.29 is 33.4 Å². The second kappa shape index (κ2) is 17.2. The normalized spacial score (nSPS) is 19.9. The number of aryl methyl sites for hydroxylation is 1. The quantitative estimate of drug-likeness (QED) is 0.136. The minimum Gasteiger partial charge on any atom is -0.382 e. The van der Waals surface area contributed by atoms with Gasteiger partial charge < -0.3 is 35.0 Å². The fourth-order valence-electron chi connectivity index (χ4n) is 6.95. The Morgan fingerprint density at radius 2 is 1.68 bits per heavy atom. The van der Waals surface area contributed by atoms with Crippen molar-refractivity contribution in [1.29, 1.82) is 0 Å². The third-order valence-electron chi connectivity index (χ3n) is 10.3. The Labute approximate surface area is 294 Å². The monoisotopic (exact) mass is 699 g/mol. The Balaban J connectivity index is 1.33. The largest absolute Gasteiger partial charge is 0.382 e. The number of anilines is 1. The van der Waals surface area contributed by atoms with Gasteiger partial charge in [0, 0.05) is 51.9 Å². The average molecular weight is 700 g/mol. The van der Waals surface area contributed by atoms with Crippen molar-refractivity contribution in [3.05, 3.63) is 47.5 Å². The summed E-state index contributed by atoms with van der Waals surface area (Å²) in [4.78, 5) is 44.8. The van der Waals surface area contributed by atoms with E-state index in [1.54, 1.807) is 48.9 Å². The van der Waals surface area contributed by atoms with Crippen LogP contribution in [-0.2, 0) is 30.4 Å². The van der Waals surface area contributed by atoms with Crippen LogP contribution in [0.25, 0.3) is 0 Å². The van der Waals surface area contributed by atoms with E-state index in [-0.39, 0.29) is 24.1 Å². The number of halogens is 1. The van der Waals surface area contributed by atoms with E-state index >= 15 is 4.39 Å². The van der Waals surface area contributed by atoms with Crippen molar-refractivity contribution in [3.8, 4) is 0 Å². The van der Waals surface area contributed by atoms with Crippen molar-refractivity contribution in [2.75, 3.05) is 58.9 Å². The number of nitrogens with one attached hydrogen (secondary N) is 3. The van der Waals surface area contributed by atoms with Gasteiger partial charge in [0.15, 0.2) is 0 Å². The standard InChI is InChI=1S/C36H54FN7O6/c1-6-44-29(13-14-38-44)34(46)41-32(30(24-7-8-24)25-9-10-25)35(47)39-28-12-11-26(21-27(28)37)22(2)31(36(48)43-17-15-42(4)16-18-43)40-33(45)23(3)50-20-19-49-5/h11-14,21-25,30-32,34,41,46H,6-10,15-20H2,1-5H3,(H,39,47)(H,40,45)/t22-,23?,31+,32-,34?/m0/s1. The Morgan fingerprint density at radius 3 is 2.28 bits per heavy atom. The van der Waals surface area contributed by atoms with Crippen LogP contribution in [0, 0.1) is 23.6 Å². The zero-order chi connectivity index (χ0) is 35.9. The second-order valence-electron chi connectivity index (χ2n) is 14.0. The van der Waals surface area contributed by atoms with Gasteiger partial charge in [0.1, 0.15) is 24.2 Å². The van der Waals surface area contributed by atoms with E-state index in [2.05, 4.69) is 25.9 Å². The SMILES string of the molecule is CCn1nccc1C(O)N[C@H](C(=O)Nc1ccc([C@H](C)[C@@H](NC(=O)C(C)OCCOC)C(=O)N2CCN(C)CC2)cc1F)C(C1CC1)C1CC1. The van der Waals surface area contributed by atoms with E-state index in [0.717, 1.165) is 25.7 Å². The van der Waals surface area contributed by atoms with E-state index in [1.807, 2.05) is 14.0 Å². The molecule has 1 saturated heterocycles. The number of benzene rings is 1. The fraction of sp³-hybridized carbons (Fsp3) is 0.667. The summed E-state index contributed by atoms with van der Waals surface area (Å²) in [5.74, 6) is -1.59. The topological polar surface area (TPSA) is 150 Å². The lowest BCUT2D eigenvalue weighted by atomic mass is 9.88. The third kappa shape index (κ3) is 9.46. The van der Waals surface area contributed by atoms with Crippen LogP contribution in [0.5, 0.6) is 0 Å². The highest BCUT2D eigenvalue weighted by Gasteiger charge is 2.48. The van der Waals surface area contributed by atoms with Gasteiger partial charge in [-0.15, -0.1) is 0 Å². The summed E-state index contributed by atoms with van der Waals surface area (Å²) >= 11 is 0. The highest BCUT2D eigenvalue weighted by molar-refractivity contribution is 5.95. The number of aliphatic hydroxyl groups excluding tert-OH is 1. The Morgan fingerprint density at radius 1 is 1.00 bits per heavy atom. The van der Waals surface area contributed by atoms with Gasteiger partial charge in [0.25, 0.3) is 0 Å². The van der Waals surface area contributed by atoms with E-state index in [9.17, 15) is 19.5 Å². The third-order valence-corrected chi connectivity index (χ3v) is 10.3. The first-order valence-corrected chi connectivity index (χ1v) is 18.0. The lowest BCUT2D eigenvalue weighted by Gasteiger charge is -2.36. The van der Waals surface area contributed by atoms with Crippen LogP contribution in [-0.4, -0.2) is 114 Å². The van der Waals surface area contributed by atoms with Gasteiger partial charge in [-0.05, 0) is 88.1 Å². The number of methoxy groups -OCH3 is 1. The average Bonchev–Trinajstić information content (AvgIpc) is 4.06. The van der Waals surface area contributed by atoms with Crippen LogP contribution in [0.4, 0.5) is 10.1 Å². The summed E-state index contributed by atoms with van der Waals surface area (Å²) in [6, 6.07) is 4.50. The zero-order valence-electron chi connectivity index (χ0n) is 29.9. The van der Waals surface area contributed by atoms with Gasteiger partial charge >= 0.3 is 0 Å². The van der Waals surface area contributed by atoms with Crippen LogP contribution in [0.3, 0.4) is 0 Å². The molecule has 0 spiro atoms. The smallest absolute Gasteiger partial charge is 0.249 e. The maximum absolute atomic E-state index is 15.9. The van der Waals surface area contributed by atoms with E-state index in [0.29, 0.717) is 62.4 Å². The molecule has 3 aliphatic rings. The number of carbonyl (C=O) groups excluding carboxylic acids is 3. The maximum Gasteiger partial charge on any atom is 0.249 e. The molecule has 1 aromatic carbocycles. The van der Waals surface area contributed by atoms with E-state index in [4.69, 9.17) is 9.47 Å². The first-order chi connectivity index (χ1) is 24.0. The first-order valence-electron chi connectivity index (χ1n) is 18.0. The Bertz CT molecular complexity index is 1450. The van der Waals surface area contributed by atoms with Crippen molar-refractivity contribution in [2.24, 2.45) is 17.8 Å². The van der Waals surface area contributed by atoms with Gasteiger partial charge in [-0.25, -0.2) is 4.39 Å². The molecule has 50 heavy (non-hydrogen) atoms. The zero-order valence-corrected chi connectivity index (χ0v) is 29.9. The van der Waals surface area contributed by atoms with Crippen LogP contribution >= 0.6 is 0 Å². The first kappa shape index (κ1) is 37.8. The van der Waals surface area contributed by atoms with E-state index in [1.165, 1.54) is 12.1 Å². The Hall–Kier alpha value is -3.43. The minimum absolute atomic E-state index is 0.00216. The molecule has 0 radical (unpaired) electrons. The van der Waals surface area contributed by atoms with Crippen molar-refractivity contribution in [2.45, 2.75) is 83.3 Å². The van der Waals surface area contributed by atoms with Crippen LogP contribution in [0.15, 0.2) is 30.5 Å². The van der Waals surface area contributed by atoms with E-state index < -0.39 is 48.0 Å². The summed E-state index contributed by atoms with van der Waals surface area (Å²) in [6.45, 7) is 8.87. The number of amides is 3. The highest BCUT2D eigenvalue weighted by Crippen LogP contribution is 2.51. The molecule has 5 rings (SSSR count). The molecule has 4 N–H and O–H groups in total.